The van der Waals surface area contributed by atoms with E-state index < -0.39 is 0 Å². The Kier molecular flexibility index (Phi) is 4.81. The van der Waals surface area contributed by atoms with Crippen LogP contribution in [0.3, 0.4) is 0 Å². The molecule has 0 radical (unpaired) electrons. The lowest BCUT2D eigenvalue weighted by Gasteiger charge is -2.09. The van der Waals surface area contributed by atoms with E-state index in [9.17, 15) is 9.59 Å². The Labute approximate surface area is 135 Å². The molecule has 1 fully saturated rings. The zero-order valence-electron chi connectivity index (χ0n) is 13.5. The average Bonchev–Trinajstić information content (AvgIpc) is 3.15. The highest BCUT2D eigenvalue weighted by molar-refractivity contribution is 5.77. The van der Waals surface area contributed by atoms with Crippen molar-refractivity contribution < 1.29 is 4.79 Å². The molecule has 1 amide bonds. The summed E-state index contributed by atoms with van der Waals surface area (Å²) in [5.74, 6) is 0.687. The maximum atomic E-state index is 12.3. The third kappa shape index (κ3) is 3.47. The molecule has 1 saturated heterocycles. The Morgan fingerprint density at radius 3 is 2.87 bits per heavy atom. The van der Waals surface area contributed by atoms with Crippen LogP contribution in [-0.2, 0) is 18.4 Å². The molecule has 1 aliphatic heterocycles. The molecule has 2 N–H and O–H groups in total. The fourth-order valence-electron chi connectivity index (χ4n) is 3.26. The standard InChI is InChI=1S/C17H24N4O2/c1-20-14-4-2-3-5-15(14)21(17(20)23)11-8-16(22)19-10-7-13-6-9-18-12-13/h2-5,13,18H,6-12H2,1H3,(H,19,22). The Balaban J connectivity index is 1.54. The van der Waals surface area contributed by atoms with Crippen LogP contribution in [0, 0.1) is 5.92 Å². The lowest BCUT2D eigenvalue weighted by molar-refractivity contribution is -0.121. The molecule has 0 saturated carbocycles. The summed E-state index contributed by atoms with van der Waals surface area (Å²) in [6, 6.07) is 7.66. The fourth-order valence-corrected chi connectivity index (χ4v) is 3.26. The largest absolute Gasteiger partial charge is 0.356 e. The van der Waals surface area contributed by atoms with Crippen LogP contribution >= 0.6 is 0 Å². The number of imidazole rings is 1. The Bertz CT molecular complexity index is 741. The van der Waals surface area contributed by atoms with E-state index in [0.717, 1.165) is 37.1 Å². The number of rotatable bonds is 6. The summed E-state index contributed by atoms with van der Waals surface area (Å²) in [5.41, 5.74) is 1.70. The van der Waals surface area contributed by atoms with Crippen molar-refractivity contribution in [1.82, 2.24) is 19.8 Å². The van der Waals surface area contributed by atoms with Crippen molar-refractivity contribution in [3.8, 4) is 0 Å². The van der Waals surface area contributed by atoms with Gasteiger partial charge in [-0.05, 0) is 44.0 Å². The first-order valence-corrected chi connectivity index (χ1v) is 8.28. The predicted octanol–water partition coefficient (Wildman–Crippen LogP) is 0.846. The quantitative estimate of drug-likeness (QED) is 0.830. The molecule has 1 atom stereocenters. The van der Waals surface area contributed by atoms with Gasteiger partial charge in [-0.1, -0.05) is 12.1 Å². The molecular formula is C17H24N4O2. The number of carbonyl (C=O) groups excluding carboxylic acids is 1. The van der Waals surface area contributed by atoms with Gasteiger partial charge >= 0.3 is 5.69 Å². The molecule has 23 heavy (non-hydrogen) atoms. The van der Waals surface area contributed by atoms with Crippen LogP contribution in [0.5, 0.6) is 0 Å². The molecule has 1 aromatic carbocycles. The highest BCUT2D eigenvalue weighted by atomic mass is 16.2. The number of amides is 1. The minimum atomic E-state index is -0.0731. The highest BCUT2D eigenvalue weighted by Crippen LogP contribution is 2.12. The van der Waals surface area contributed by atoms with Gasteiger partial charge in [0, 0.05) is 26.6 Å². The highest BCUT2D eigenvalue weighted by Gasteiger charge is 2.15. The number of benzene rings is 1. The van der Waals surface area contributed by atoms with Crippen molar-refractivity contribution in [3.63, 3.8) is 0 Å². The number of hydrogen-bond donors (Lipinski definition) is 2. The van der Waals surface area contributed by atoms with Gasteiger partial charge in [0.1, 0.15) is 0 Å². The molecule has 124 valence electrons. The van der Waals surface area contributed by atoms with Crippen LogP contribution in [0.1, 0.15) is 19.3 Å². The van der Waals surface area contributed by atoms with Gasteiger partial charge in [-0.25, -0.2) is 4.79 Å². The first kappa shape index (κ1) is 15.8. The molecule has 6 nitrogen and oxygen atoms in total. The number of aromatic nitrogens is 2. The zero-order chi connectivity index (χ0) is 16.2. The second kappa shape index (κ2) is 7.00. The van der Waals surface area contributed by atoms with Crippen LogP contribution in [0.15, 0.2) is 29.1 Å². The van der Waals surface area contributed by atoms with Gasteiger partial charge in [0.25, 0.3) is 0 Å². The van der Waals surface area contributed by atoms with Crippen LogP contribution in [0.25, 0.3) is 11.0 Å². The van der Waals surface area contributed by atoms with Gasteiger partial charge < -0.3 is 10.6 Å². The predicted molar refractivity (Wildman–Crippen MR) is 90.4 cm³/mol. The molecule has 0 spiro atoms. The lowest BCUT2D eigenvalue weighted by atomic mass is 10.1. The second-order valence-corrected chi connectivity index (χ2v) is 6.23. The summed E-state index contributed by atoms with van der Waals surface area (Å²) < 4.78 is 3.30. The smallest absolute Gasteiger partial charge is 0.328 e. The van der Waals surface area contributed by atoms with Crippen molar-refractivity contribution in [2.24, 2.45) is 13.0 Å². The number of para-hydroxylation sites is 2. The maximum absolute atomic E-state index is 12.3. The van der Waals surface area contributed by atoms with Crippen LogP contribution < -0.4 is 16.3 Å². The van der Waals surface area contributed by atoms with E-state index in [1.165, 1.54) is 6.42 Å². The molecular weight excluding hydrogens is 292 g/mol. The van der Waals surface area contributed by atoms with Gasteiger partial charge in [0.05, 0.1) is 11.0 Å². The van der Waals surface area contributed by atoms with E-state index in [1.54, 1.807) is 16.2 Å². The van der Waals surface area contributed by atoms with E-state index in [1.807, 2.05) is 24.3 Å². The number of fused-ring (bicyclic) bond motifs is 1. The Morgan fingerprint density at radius 1 is 1.35 bits per heavy atom. The van der Waals surface area contributed by atoms with Crippen molar-refractivity contribution in [2.75, 3.05) is 19.6 Å². The fraction of sp³-hybridized carbons (Fsp3) is 0.529. The third-order valence-corrected chi connectivity index (χ3v) is 4.65. The number of nitrogens with zero attached hydrogens (tertiary/aromatic N) is 2. The molecule has 0 bridgehead atoms. The summed E-state index contributed by atoms with van der Waals surface area (Å²) >= 11 is 0. The van der Waals surface area contributed by atoms with Gasteiger partial charge in [-0.2, -0.15) is 0 Å². The van der Waals surface area contributed by atoms with E-state index >= 15 is 0 Å². The summed E-state index contributed by atoms with van der Waals surface area (Å²) in [7, 11) is 1.76. The third-order valence-electron chi connectivity index (χ3n) is 4.65. The summed E-state index contributed by atoms with van der Waals surface area (Å²) in [5, 5.41) is 6.29. The molecule has 2 heterocycles. The first-order chi connectivity index (χ1) is 11.2. The molecule has 1 aliphatic rings. The molecule has 1 aromatic heterocycles. The number of hydrogen-bond acceptors (Lipinski definition) is 3. The Morgan fingerprint density at radius 2 is 2.13 bits per heavy atom. The summed E-state index contributed by atoms with van der Waals surface area (Å²) in [4.78, 5) is 24.3. The zero-order valence-corrected chi connectivity index (χ0v) is 13.5. The monoisotopic (exact) mass is 316 g/mol. The van der Waals surface area contributed by atoms with E-state index in [0.29, 0.717) is 18.9 Å². The minimum absolute atomic E-state index is 0.00999. The lowest BCUT2D eigenvalue weighted by Crippen LogP contribution is -2.29. The van der Waals surface area contributed by atoms with Crippen LogP contribution in [0.2, 0.25) is 0 Å². The van der Waals surface area contributed by atoms with Gasteiger partial charge in [-0.3, -0.25) is 13.9 Å². The number of aryl methyl sites for hydroxylation is 2. The molecule has 6 heteroatoms. The minimum Gasteiger partial charge on any atom is -0.356 e. The van der Waals surface area contributed by atoms with Crippen LogP contribution in [0.4, 0.5) is 0 Å². The van der Waals surface area contributed by atoms with E-state index in [-0.39, 0.29) is 11.6 Å². The van der Waals surface area contributed by atoms with Crippen molar-refractivity contribution in [3.05, 3.63) is 34.7 Å². The van der Waals surface area contributed by atoms with Gasteiger partial charge in [0.2, 0.25) is 5.91 Å². The second-order valence-electron chi connectivity index (χ2n) is 6.23. The first-order valence-electron chi connectivity index (χ1n) is 8.28. The van der Waals surface area contributed by atoms with Gasteiger partial charge in [-0.15, -0.1) is 0 Å². The summed E-state index contributed by atoms with van der Waals surface area (Å²) in [6.07, 6.45) is 2.55. The topological polar surface area (TPSA) is 68.1 Å². The molecule has 2 aromatic rings. The molecule has 0 aliphatic carbocycles. The van der Waals surface area contributed by atoms with Crippen molar-refractivity contribution >= 4 is 16.9 Å². The summed E-state index contributed by atoms with van der Waals surface area (Å²) in [6.45, 7) is 3.27. The molecule has 1 unspecified atom stereocenters. The SMILES string of the molecule is Cn1c(=O)n(CCC(=O)NCCC2CCNC2)c2ccccc21. The number of carbonyl (C=O) groups is 1. The van der Waals surface area contributed by atoms with E-state index in [2.05, 4.69) is 10.6 Å². The number of nitrogens with one attached hydrogen (secondary N) is 2. The van der Waals surface area contributed by atoms with E-state index in [4.69, 9.17) is 0 Å². The molecule has 3 rings (SSSR count). The maximum Gasteiger partial charge on any atom is 0.328 e. The normalized spacial score (nSPS) is 17.7. The van der Waals surface area contributed by atoms with Gasteiger partial charge in [0.15, 0.2) is 0 Å². The van der Waals surface area contributed by atoms with Crippen molar-refractivity contribution in [2.45, 2.75) is 25.8 Å². The van der Waals surface area contributed by atoms with Crippen LogP contribution in [-0.4, -0.2) is 34.7 Å². The Hall–Kier alpha value is -2.08. The average molecular weight is 316 g/mol. The van der Waals surface area contributed by atoms with Crippen molar-refractivity contribution in [1.29, 1.82) is 0 Å².